The van der Waals surface area contributed by atoms with E-state index in [1.165, 1.54) is 16.8 Å². The summed E-state index contributed by atoms with van der Waals surface area (Å²) in [5.41, 5.74) is 3.09. The van der Waals surface area contributed by atoms with Gasteiger partial charge in [-0.1, -0.05) is 0 Å². The Kier molecular flexibility index (Phi) is 11.1. The Bertz CT molecular complexity index is 1970. The van der Waals surface area contributed by atoms with Crippen molar-refractivity contribution in [1.29, 1.82) is 0 Å². The zero-order valence-corrected chi connectivity index (χ0v) is 29.6. The second kappa shape index (κ2) is 15.8. The fourth-order valence-electron chi connectivity index (χ4n) is 6.84. The van der Waals surface area contributed by atoms with E-state index in [0.29, 0.717) is 36.6 Å². The van der Waals surface area contributed by atoms with Crippen molar-refractivity contribution in [3.05, 3.63) is 103 Å². The van der Waals surface area contributed by atoms with Crippen molar-refractivity contribution < 1.29 is 23.7 Å². The molecule has 2 aliphatic heterocycles. The molecule has 4 heterocycles. The molecule has 0 aliphatic carbocycles. The van der Waals surface area contributed by atoms with Gasteiger partial charge in [-0.15, -0.1) is 0 Å². The van der Waals surface area contributed by atoms with Gasteiger partial charge in [0, 0.05) is 63.8 Å². The number of carbonyl (C=O) groups is 1. The molecule has 2 aromatic heterocycles. The molecule has 0 saturated carbocycles. The first-order valence-electron chi connectivity index (χ1n) is 17.2. The number of pyridine rings is 1. The third-order valence-corrected chi connectivity index (χ3v) is 9.70. The van der Waals surface area contributed by atoms with Crippen molar-refractivity contribution in [2.24, 2.45) is 7.05 Å². The van der Waals surface area contributed by atoms with Crippen LogP contribution >= 0.6 is 0 Å². The third-order valence-electron chi connectivity index (χ3n) is 9.70. The van der Waals surface area contributed by atoms with Crippen molar-refractivity contribution >= 4 is 5.91 Å². The number of rotatable bonds is 11. The number of benzene rings is 2. The van der Waals surface area contributed by atoms with Crippen molar-refractivity contribution in [2.75, 3.05) is 47.0 Å². The number of likely N-dealkylation sites (tertiary alicyclic amines) is 2. The van der Waals surface area contributed by atoms with E-state index in [2.05, 4.69) is 9.88 Å². The van der Waals surface area contributed by atoms with E-state index >= 15 is 0 Å². The van der Waals surface area contributed by atoms with Gasteiger partial charge in [0.15, 0.2) is 6.61 Å². The van der Waals surface area contributed by atoms with Crippen LogP contribution < -0.4 is 31.0 Å². The lowest BCUT2D eigenvalue weighted by Crippen LogP contribution is -2.45. The molecule has 2 aliphatic rings. The number of carbonyl (C=O) groups excluding carboxylic acids is 1. The van der Waals surface area contributed by atoms with Gasteiger partial charge in [0.2, 0.25) is 0 Å². The van der Waals surface area contributed by atoms with Crippen molar-refractivity contribution in [3.63, 3.8) is 0 Å². The number of amides is 1. The minimum absolute atomic E-state index is 0.0175. The van der Waals surface area contributed by atoms with Gasteiger partial charge in [-0.25, -0.2) is 4.79 Å². The lowest BCUT2D eigenvalue weighted by Gasteiger charge is -2.37. The molecule has 2 saturated heterocycles. The molecule has 6 rings (SSSR count). The van der Waals surface area contributed by atoms with Gasteiger partial charge >= 0.3 is 5.69 Å². The zero-order valence-electron chi connectivity index (χ0n) is 29.6. The number of nitrogens with one attached hydrogen (secondary N) is 1. The van der Waals surface area contributed by atoms with Gasteiger partial charge in [0.1, 0.15) is 17.2 Å². The summed E-state index contributed by atoms with van der Waals surface area (Å²) in [6.07, 6.45) is 6.93. The van der Waals surface area contributed by atoms with Crippen LogP contribution in [0.5, 0.6) is 17.2 Å². The van der Waals surface area contributed by atoms with Crippen LogP contribution in [0, 0.1) is 6.92 Å². The van der Waals surface area contributed by atoms with Crippen LogP contribution in [0.15, 0.2) is 75.3 Å². The summed E-state index contributed by atoms with van der Waals surface area (Å²) >= 11 is 0. The maximum Gasteiger partial charge on any atom is 0.332 e. The Morgan fingerprint density at radius 3 is 2.06 bits per heavy atom. The van der Waals surface area contributed by atoms with Crippen molar-refractivity contribution in [3.8, 4) is 34.1 Å². The second-order valence-corrected chi connectivity index (χ2v) is 13.1. The highest BCUT2D eigenvalue weighted by Crippen LogP contribution is 2.36. The Balaban J connectivity index is 0.950. The average molecular weight is 700 g/mol. The molecule has 0 unspecified atom stereocenters. The maximum atomic E-state index is 12.9. The summed E-state index contributed by atoms with van der Waals surface area (Å²) in [6, 6.07) is 13.9. The van der Waals surface area contributed by atoms with Gasteiger partial charge in [0.25, 0.3) is 17.0 Å². The molecular weight excluding hydrogens is 654 g/mol. The van der Waals surface area contributed by atoms with Gasteiger partial charge in [-0.2, -0.15) is 0 Å². The van der Waals surface area contributed by atoms with Crippen LogP contribution in [0.25, 0.3) is 16.8 Å². The molecule has 0 spiro atoms. The fourth-order valence-corrected chi connectivity index (χ4v) is 6.84. The lowest BCUT2D eigenvalue weighted by atomic mass is 10.0. The Labute approximate surface area is 295 Å². The van der Waals surface area contributed by atoms with E-state index < -0.39 is 11.2 Å². The summed E-state index contributed by atoms with van der Waals surface area (Å²) in [5, 5.41) is 0. The standard InChI is InChI=1S/C38H45N5O8/c1-25-19-27(22-40(2)37(25)46)26-20-33(48-3)32(34(21-26)49-4)23-41-14-9-30(10-15-41)51-31-11-16-42(17-12-31)36(45)24-50-29-7-5-28(6-8-29)43-18-13-35(44)39-38(43)47/h5-8,13,18-22,30-31H,9-12,14-17,23-24H2,1-4H3,(H,39,44,47). The number of ether oxygens (including phenoxy) is 4. The molecule has 270 valence electrons. The number of nitrogens with zero attached hydrogens (tertiary/aromatic N) is 4. The van der Waals surface area contributed by atoms with Crippen molar-refractivity contribution in [1.82, 2.24) is 23.9 Å². The number of piperidine rings is 2. The van der Waals surface area contributed by atoms with E-state index in [4.69, 9.17) is 18.9 Å². The minimum Gasteiger partial charge on any atom is -0.496 e. The molecular formula is C38H45N5O8. The molecule has 51 heavy (non-hydrogen) atoms. The molecule has 1 amide bonds. The lowest BCUT2D eigenvalue weighted by molar-refractivity contribution is -0.137. The monoisotopic (exact) mass is 699 g/mol. The molecule has 2 fully saturated rings. The van der Waals surface area contributed by atoms with Crippen LogP contribution in [0.1, 0.15) is 36.8 Å². The summed E-state index contributed by atoms with van der Waals surface area (Å²) < 4.78 is 26.8. The number of aromatic amines is 1. The first-order valence-corrected chi connectivity index (χ1v) is 17.2. The van der Waals surface area contributed by atoms with E-state index in [9.17, 15) is 19.2 Å². The van der Waals surface area contributed by atoms with Crippen LogP contribution in [0.2, 0.25) is 0 Å². The molecule has 13 nitrogen and oxygen atoms in total. The smallest absolute Gasteiger partial charge is 0.332 e. The largest absolute Gasteiger partial charge is 0.496 e. The van der Waals surface area contributed by atoms with Crippen LogP contribution in [-0.2, 0) is 23.1 Å². The highest BCUT2D eigenvalue weighted by atomic mass is 16.5. The first kappa shape index (κ1) is 35.7. The van der Waals surface area contributed by atoms with Gasteiger partial charge in [-0.05, 0) is 86.2 Å². The number of aromatic nitrogens is 3. The van der Waals surface area contributed by atoms with Crippen LogP contribution in [-0.4, -0.2) is 89.0 Å². The highest BCUT2D eigenvalue weighted by Gasteiger charge is 2.28. The maximum absolute atomic E-state index is 12.9. The second-order valence-electron chi connectivity index (χ2n) is 13.1. The van der Waals surface area contributed by atoms with Crippen molar-refractivity contribution in [2.45, 2.75) is 51.4 Å². The summed E-state index contributed by atoms with van der Waals surface area (Å²) in [7, 11) is 5.09. The normalized spacial score (nSPS) is 15.9. The average Bonchev–Trinajstić information content (AvgIpc) is 3.14. The Morgan fingerprint density at radius 2 is 1.47 bits per heavy atom. The summed E-state index contributed by atoms with van der Waals surface area (Å²) in [4.78, 5) is 54.9. The van der Waals surface area contributed by atoms with E-state index in [-0.39, 0.29) is 30.3 Å². The van der Waals surface area contributed by atoms with Gasteiger partial charge < -0.3 is 28.4 Å². The van der Waals surface area contributed by atoms with Gasteiger partial charge in [-0.3, -0.25) is 28.8 Å². The predicted molar refractivity (Wildman–Crippen MR) is 192 cm³/mol. The number of hydrogen-bond acceptors (Lipinski definition) is 9. The van der Waals surface area contributed by atoms with E-state index in [1.54, 1.807) is 50.1 Å². The highest BCUT2D eigenvalue weighted by molar-refractivity contribution is 5.78. The van der Waals surface area contributed by atoms with Crippen LogP contribution in [0.3, 0.4) is 0 Å². The topological polar surface area (TPSA) is 137 Å². The number of hydrogen-bond donors (Lipinski definition) is 1. The Morgan fingerprint density at radius 1 is 0.843 bits per heavy atom. The van der Waals surface area contributed by atoms with E-state index in [0.717, 1.165) is 67.0 Å². The number of aryl methyl sites for hydroxylation is 2. The molecule has 1 N–H and O–H groups in total. The molecule has 13 heteroatoms. The predicted octanol–water partition coefficient (Wildman–Crippen LogP) is 3.27. The number of H-pyrrole nitrogens is 1. The molecule has 4 aromatic rings. The van der Waals surface area contributed by atoms with E-state index in [1.807, 2.05) is 36.2 Å². The summed E-state index contributed by atoms with van der Waals surface area (Å²) in [6.45, 7) is 5.44. The third kappa shape index (κ3) is 8.43. The Hall–Kier alpha value is -5.14. The molecule has 0 radical (unpaired) electrons. The quantitative estimate of drug-likeness (QED) is 0.250. The van der Waals surface area contributed by atoms with Gasteiger partial charge in [0.05, 0.1) is 37.7 Å². The first-order chi connectivity index (χ1) is 24.6. The molecule has 0 bridgehead atoms. The molecule has 2 aromatic carbocycles. The number of methoxy groups -OCH3 is 2. The molecule has 0 atom stereocenters. The zero-order chi connectivity index (χ0) is 36.1. The van der Waals surface area contributed by atoms with Crippen LogP contribution in [0.4, 0.5) is 0 Å². The summed E-state index contributed by atoms with van der Waals surface area (Å²) in [5.74, 6) is 1.93. The minimum atomic E-state index is -0.528. The SMILES string of the molecule is COc1cc(-c2cc(C)c(=O)n(C)c2)cc(OC)c1CN1CCC(OC2CCN(C(=O)COc3ccc(-n4ccc(=O)[nH]c4=O)cc3)CC2)CC1. The fraction of sp³-hybridized carbons (Fsp3) is 0.421.